The standard InChI is InChI=1S/C8H6N4O4/c9-5(13)3-1-10-6-4(8(15)16)2-11-12(6)7(3)14/h1-2,11H,(H2,9,13)(H,15,16). The van der Waals surface area contributed by atoms with E-state index in [1.807, 2.05) is 0 Å². The van der Waals surface area contributed by atoms with Crippen LogP contribution in [0.1, 0.15) is 20.7 Å². The summed E-state index contributed by atoms with van der Waals surface area (Å²) in [6.45, 7) is 0. The molecule has 2 aromatic heterocycles. The molecule has 0 aliphatic carbocycles. The van der Waals surface area contributed by atoms with Gasteiger partial charge in [-0.25, -0.2) is 14.3 Å². The number of nitrogens with two attached hydrogens (primary N) is 1. The number of nitrogens with zero attached hydrogens (tertiary/aromatic N) is 2. The van der Waals surface area contributed by atoms with Gasteiger partial charge in [0.05, 0.1) is 0 Å². The number of fused-ring (bicyclic) bond motifs is 1. The number of carboxylic acid groups (broad SMARTS) is 1. The van der Waals surface area contributed by atoms with Gasteiger partial charge in [-0.05, 0) is 0 Å². The second-order valence-corrected chi connectivity index (χ2v) is 2.99. The van der Waals surface area contributed by atoms with Gasteiger partial charge < -0.3 is 10.8 Å². The number of nitrogens with one attached hydrogen (secondary N) is 1. The summed E-state index contributed by atoms with van der Waals surface area (Å²) in [4.78, 5) is 36.9. The maximum Gasteiger partial charge on any atom is 0.341 e. The van der Waals surface area contributed by atoms with Crippen molar-refractivity contribution in [3.63, 3.8) is 0 Å². The second kappa shape index (κ2) is 3.19. The number of carboxylic acids is 1. The van der Waals surface area contributed by atoms with Crippen molar-refractivity contribution in [2.24, 2.45) is 5.73 Å². The Hall–Kier alpha value is -2.64. The number of aromatic amines is 1. The molecule has 0 aliphatic heterocycles. The Morgan fingerprint density at radius 1 is 1.44 bits per heavy atom. The van der Waals surface area contributed by atoms with E-state index in [9.17, 15) is 14.4 Å². The number of H-pyrrole nitrogens is 1. The average Bonchev–Trinajstić information content (AvgIpc) is 2.61. The first-order chi connectivity index (χ1) is 7.52. The fourth-order valence-corrected chi connectivity index (χ4v) is 1.29. The van der Waals surface area contributed by atoms with Crippen molar-refractivity contribution >= 4 is 17.5 Å². The zero-order valence-electron chi connectivity index (χ0n) is 7.80. The Balaban J connectivity index is 2.84. The van der Waals surface area contributed by atoms with E-state index in [-0.39, 0.29) is 16.8 Å². The molecule has 2 heterocycles. The number of aromatic nitrogens is 3. The summed E-state index contributed by atoms with van der Waals surface area (Å²) in [6.07, 6.45) is 2.07. The van der Waals surface area contributed by atoms with Gasteiger partial charge in [0.2, 0.25) is 0 Å². The average molecular weight is 222 g/mol. The molecule has 16 heavy (non-hydrogen) atoms. The van der Waals surface area contributed by atoms with Crippen LogP contribution in [0.5, 0.6) is 0 Å². The lowest BCUT2D eigenvalue weighted by atomic mass is 10.3. The molecule has 4 N–H and O–H groups in total. The van der Waals surface area contributed by atoms with Gasteiger partial charge in [0.15, 0.2) is 5.65 Å². The van der Waals surface area contributed by atoms with Crippen LogP contribution in [0.15, 0.2) is 17.2 Å². The minimum atomic E-state index is -1.22. The third kappa shape index (κ3) is 1.24. The van der Waals surface area contributed by atoms with Crippen LogP contribution in [0, 0.1) is 0 Å². The summed E-state index contributed by atoms with van der Waals surface area (Å²) >= 11 is 0. The Morgan fingerprint density at radius 2 is 2.12 bits per heavy atom. The van der Waals surface area contributed by atoms with Gasteiger partial charge in [0.1, 0.15) is 11.1 Å². The van der Waals surface area contributed by atoms with Gasteiger partial charge in [0.25, 0.3) is 11.5 Å². The van der Waals surface area contributed by atoms with Crippen molar-refractivity contribution in [3.05, 3.63) is 33.9 Å². The summed E-state index contributed by atoms with van der Waals surface area (Å²) in [7, 11) is 0. The predicted octanol–water partition coefficient (Wildman–Crippen LogP) is -1.18. The van der Waals surface area contributed by atoms with Crippen LogP contribution >= 0.6 is 0 Å². The van der Waals surface area contributed by atoms with Crippen molar-refractivity contribution in [1.29, 1.82) is 0 Å². The molecule has 8 heteroatoms. The number of carbonyl (C=O) groups excluding carboxylic acids is 1. The van der Waals surface area contributed by atoms with Crippen LogP contribution in [0.25, 0.3) is 5.65 Å². The monoisotopic (exact) mass is 222 g/mol. The van der Waals surface area contributed by atoms with Crippen LogP contribution in [-0.4, -0.2) is 31.6 Å². The molecule has 82 valence electrons. The second-order valence-electron chi connectivity index (χ2n) is 2.99. The number of rotatable bonds is 2. The molecular weight excluding hydrogens is 216 g/mol. The van der Waals surface area contributed by atoms with Crippen LogP contribution < -0.4 is 11.3 Å². The first-order valence-corrected chi connectivity index (χ1v) is 4.14. The zero-order chi connectivity index (χ0) is 11.9. The number of hydrogen-bond donors (Lipinski definition) is 3. The van der Waals surface area contributed by atoms with E-state index in [4.69, 9.17) is 10.8 Å². The summed E-state index contributed by atoms with van der Waals surface area (Å²) < 4.78 is 0.851. The fourth-order valence-electron chi connectivity index (χ4n) is 1.29. The third-order valence-electron chi connectivity index (χ3n) is 2.04. The molecule has 0 saturated carbocycles. The van der Waals surface area contributed by atoms with Gasteiger partial charge in [-0.15, -0.1) is 0 Å². The van der Waals surface area contributed by atoms with Crippen molar-refractivity contribution in [2.45, 2.75) is 0 Å². The lowest BCUT2D eigenvalue weighted by Crippen LogP contribution is -2.27. The lowest BCUT2D eigenvalue weighted by molar-refractivity contribution is 0.0698. The Kier molecular flexibility index (Phi) is 1.97. The number of primary amides is 1. The highest BCUT2D eigenvalue weighted by Crippen LogP contribution is 2.05. The Morgan fingerprint density at radius 3 is 2.69 bits per heavy atom. The molecule has 0 saturated heterocycles. The molecule has 0 bridgehead atoms. The van der Waals surface area contributed by atoms with E-state index >= 15 is 0 Å². The third-order valence-corrected chi connectivity index (χ3v) is 2.04. The molecule has 2 rings (SSSR count). The number of amides is 1. The molecular formula is C8H6N4O4. The van der Waals surface area contributed by atoms with Crippen LogP contribution in [0.4, 0.5) is 0 Å². The molecule has 0 fully saturated rings. The molecule has 0 spiro atoms. The van der Waals surface area contributed by atoms with E-state index < -0.39 is 17.4 Å². The van der Waals surface area contributed by atoms with Crippen LogP contribution in [0.3, 0.4) is 0 Å². The van der Waals surface area contributed by atoms with E-state index in [0.29, 0.717) is 0 Å². The van der Waals surface area contributed by atoms with Crippen molar-refractivity contribution in [1.82, 2.24) is 14.6 Å². The number of carbonyl (C=O) groups is 2. The molecule has 0 radical (unpaired) electrons. The van der Waals surface area contributed by atoms with Gasteiger partial charge in [-0.1, -0.05) is 0 Å². The normalized spacial score (nSPS) is 10.5. The van der Waals surface area contributed by atoms with Gasteiger partial charge in [-0.2, -0.15) is 0 Å². The van der Waals surface area contributed by atoms with Crippen molar-refractivity contribution in [2.75, 3.05) is 0 Å². The molecule has 0 atom stereocenters. The summed E-state index contributed by atoms with van der Waals surface area (Å²) in [5, 5.41) is 11.2. The van der Waals surface area contributed by atoms with Gasteiger partial charge in [-0.3, -0.25) is 14.7 Å². The summed E-state index contributed by atoms with van der Waals surface area (Å²) in [5.74, 6) is -2.14. The van der Waals surface area contributed by atoms with Crippen molar-refractivity contribution in [3.8, 4) is 0 Å². The van der Waals surface area contributed by atoms with Crippen LogP contribution in [-0.2, 0) is 0 Å². The SMILES string of the molecule is NC(=O)c1cnc2c(C(=O)O)c[nH]n2c1=O. The maximum absolute atomic E-state index is 11.6. The van der Waals surface area contributed by atoms with E-state index in [0.717, 1.165) is 16.9 Å². The van der Waals surface area contributed by atoms with E-state index in [2.05, 4.69) is 10.1 Å². The van der Waals surface area contributed by atoms with E-state index in [1.54, 1.807) is 0 Å². The topological polar surface area (TPSA) is 131 Å². The number of hydrogen-bond acceptors (Lipinski definition) is 4. The first-order valence-electron chi connectivity index (χ1n) is 4.14. The minimum absolute atomic E-state index is 0.0671. The number of aromatic carboxylic acids is 1. The minimum Gasteiger partial charge on any atom is -0.477 e. The van der Waals surface area contributed by atoms with Crippen LogP contribution in [0.2, 0.25) is 0 Å². The highest BCUT2D eigenvalue weighted by molar-refractivity contribution is 5.95. The zero-order valence-corrected chi connectivity index (χ0v) is 7.80. The largest absolute Gasteiger partial charge is 0.477 e. The highest BCUT2D eigenvalue weighted by Gasteiger charge is 2.16. The molecule has 2 aromatic rings. The van der Waals surface area contributed by atoms with Gasteiger partial charge >= 0.3 is 5.97 Å². The predicted molar refractivity (Wildman–Crippen MR) is 51.3 cm³/mol. The van der Waals surface area contributed by atoms with Crippen molar-refractivity contribution < 1.29 is 14.7 Å². The van der Waals surface area contributed by atoms with Gasteiger partial charge in [0, 0.05) is 12.4 Å². The van der Waals surface area contributed by atoms with E-state index in [1.165, 1.54) is 0 Å². The lowest BCUT2D eigenvalue weighted by Gasteiger charge is -1.96. The Bertz CT molecular complexity index is 654. The molecule has 8 nitrogen and oxygen atoms in total. The summed E-state index contributed by atoms with van der Waals surface area (Å²) in [5.41, 5.74) is 3.68. The quantitative estimate of drug-likeness (QED) is 0.588. The fraction of sp³-hybridized carbons (Fsp3) is 0. The highest BCUT2D eigenvalue weighted by atomic mass is 16.4. The molecule has 1 amide bonds. The first kappa shape index (κ1) is 9.90. The molecule has 0 aromatic carbocycles. The smallest absolute Gasteiger partial charge is 0.341 e. The summed E-state index contributed by atoms with van der Waals surface area (Å²) in [6, 6.07) is 0. The molecule has 0 aliphatic rings. The maximum atomic E-state index is 11.6. The molecule has 0 unspecified atom stereocenters. The Labute approximate surface area is 87.3 Å².